The number of hydrogen-bond acceptors (Lipinski definition) is 3. The molecule has 0 unspecified atom stereocenters. The van der Waals surface area contributed by atoms with E-state index in [9.17, 15) is 10.1 Å². The van der Waals surface area contributed by atoms with Gasteiger partial charge in [0.25, 0.3) is 0 Å². The topological polar surface area (TPSA) is 49.7 Å². The molecule has 1 atom stereocenters. The highest BCUT2D eigenvalue weighted by Gasteiger charge is 2.40. The normalized spacial score (nSPS) is 22.3. The van der Waals surface area contributed by atoms with Crippen molar-refractivity contribution in [2.24, 2.45) is 5.92 Å². The van der Waals surface area contributed by atoms with Gasteiger partial charge in [-0.15, -0.1) is 0 Å². The van der Waals surface area contributed by atoms with E-state index in [4.69, 9.17) is 4.65 Å². The molecular formula is C13H25BO3. The summed E-state index contributed by atoms with van der Waals surface area (Å²) >= 11 is 0. The second kappa shape index (κ2) is 5.13. The first-order valence-corrected chi connectivity index (χ1v) is 6.40. The highest BCUT2D eigenvalue weighted by molar-refractivity contribution is 6.52. The van der Waals surface area contributed by atoms with Gasteiger partial charge in [-0.25, -0.2) is 0 Å². The summed E-state index contributed by atoms with van der Waals surface area (Å²) in [6, 6.07) is 0. The van der Waals surface area contributed by atoms with Gasteiger partial charge < -0.3 is 14.8 Å². The van der Waals surface area contributed by atoms with Crippen molar-refractivity contribution in [3.63, 3.8) is 0 Å². The van der Waals surface area contributed by atoms with E-state index in [1.54, 1.807) is 27.7 Å². The van der Waals surface area contributed by atoms with E-state index in [2.05, 4.69) is 13.0 Å². The minimum Gasteiger partial charge on any atom is -0.423 e. The Labute approximate surface area is 105 Å². The van der Waals surface area contributed by atoms with Crippen LogP contribution in [0, 0.1) is 5.92 Å². The van der Waals surface area contributed by atoms with Crippen LogP contribution in [0.4, 0.5) is 0 Å². The highest BCUT2D eigenvalue weighted by atomic mass is 16.5. The molecule has 0 aromatic rings. The van der Waals surface area contributed by atoms with Crippen LogP contribution in [-0.2, 0) is 4.65 Å². The van der Waals surface area contributed by atoms with Gasteiger partial charge in [-0.05, 0) is 58.3 Å². The lowest BCUT2D eigenvalue weighted by atomic mass is 9.70. The first kappa shape index (κ1) is 14.7. The molecule has 4 heteroatoms. The Morgan fingerprint density at radius 1 is 1.35 bits per heavy atom. The lowest BCUT2D eigenvalue weighted by Crippen LogP contribution is -2.51. The fraction of sp³-hybridized carbons (Fsp3) is 0.846. The first-order chi connectivity index (χ1) is 7.63. The molecule has 1 aliphatic rings. The van der Waals surface area contributed by atoms with E-state index < -0.39 is 18.3 Å². The van der Waals surface area contributed by atoms with E-state index in [0.29, 0.717) is 5.92 Å². The summed E-state index contributed by atoms with van der Waals surface area (Å²) in [7, 11) is -0.899. The van der Waals surface area contributed by atoms with Crippen molar-refractivity contribution in [1.29, 1.82) is 0 Å². The summed E-state index contributed by atoms with van der Waals surface area (Å²) in [5, 5.41) is 20.0. The second-order valence-electron chi connectivity index (χ2n) is 6.20. The lowest BCUT2D eigenvalue weighted by Gasteiger charge is -2.39. The summed E-state index contributed by atoms with van der Waals surface area (Å²) in [4.78, 5) is 0. The fourth-order valence-electron chi connectivity index (χ4n) is 1.71. The van der Waals surface area contributed by atoms with E-state index in [0.717, 1.165) is 24.7 Å². The van der Waals surface area contributed by atoms with Crippen LogP contribution in [0.3, 0.4) is 0 Å². The number of aliphatic hydroxyl groups is 1. The molecule has 0 bridgehead atoms. The van der Waals surface area contributed by atoms with E-state index in [-0.39, 0.29) is 0 Å². The number of rotatable bonds is 4. The molecule has 2 N–H and O–H groups in total. The fourth-order valence-corrected chi connectivity index (χ4v) is 1.71. The predicted octanol–water partition coefficient (Wildman–Crippen LogP) is 2.32. The van der Waals surface area contributed by atoms with Crippen LogP contribution in [0.5, 0.6) is 0 Å². The van der Waals surface area contributed by atoms with Crippen LogP contribution in [-0.4, -0.2) is 28.5 Å². The SMILES string of the molecule is C[C@H]1CC=C(B(O)OC(C)(C)C(C)(C)O)CC1. The van der Waals surface area contributed by atoms with Crippen molar-refractivity contribution in [3.8, 4) is 0 Å². The van der Waals surface area contributed by atoms with Crippen LogP contribution in [0.1, 0.15) is 53.9 Å². The van der Waals surface area contributed by atoms with Crippen LogP contribution in [0.2, 0.25) is 0 Å². The van der Waals surface area contributed by atoms with Gasteiger partial charge in [0.2, 0.25) is 0 Å². The summed E-state index contributed by atoms with van der Waals surface area (Å²) in [6.45, 7) is 9.18. The highest BCUT2D eigenvalue weighted by Crippen LogP contribution is 2.29. The van der Waals surface area contributed by atoms with Gasteiger partial charge in [0.05, 0.1) is 11.2 Å². The molecule has 0 saturated carbocycles. The average molecular weight is 240 g/mol. The molecule has 0 aromatic heterocycles. The summed E-state index contributed by atoms with van der Waals surface area (Å²) in [6.07, 6.45) is 5.04. The van der Waals surface area contributed by atoms with Crippen molar-refractivity contribution >= 4 is 7.12 Å². The van der Waals surface area contributed by atoms with Crippen molar-refractivity contribution in [2.45, 2.75) is 65.1 Å². The molecule has 0 radical (unpaired) electrons. The van der Waals surface area contributed by atoms with Gasteiger partial charge >= 0.3 is 7.12 Å². The Morgan fingerprint density at radius 2 is 1.94 bits per heavy atom. The van der Waals surface area contributed by atoms with Crippen molar-refractivity contribution in [2.75, 3.05) is 0 Å². The number of allylic oxidation sites excluding steroid dienone is 2. The quantitative estimate of drug-likeness (QED) is 0.741. The summed E-state index contributed by atoms with van der Waals surface area (Å²) in [5.41, 5.74) is -0.826. The van der Waals surface area contributed by atoms with E-state index in [1.807, 2.05) is 0 Å². The molecule has 0 fully saturated rings. The molecule has 1 aliphatic carbocycles. The molecule has 17 heavy (non-hydrogen) atoms. The van der Waals surface area contributed by atoms with Crippen LogP contribution in [0.25, 0.3) is 0 Å². The van der Waals surface area contributed by atoms with Crippen LogP contribution in [0.15, 0.2) is 11.5 Å². The zero-order valence-corrected chi connectivity index (χ0v) is 11.7. The van der Waals surface area contributed by atoms with Gasteiger partial charge in [-0.1, -0.05) is 13.0 Å². The van der Waals surface area contributed by atoms with Gasteiger partial charge in [0, 0.05) is 0 Å². The van der Waals surface area contributed by atoms with Crippen molar-refractivity contribution < 1.29 is 14.8 Å². The largest absolute Gasteiger partial charge is 0.487 e. The van der Waals surface area contributed by atoms with Crippen molar-refractivity contribution in [3.05, 3.63) is 11.5 Å². The predicted molar refractivity (Wildman–Crippen MR) is 70.5 cm³/mol. The Kier molecular flexibility index (Phi) is 4.45. The van der Waals surface area contributed by atoms with Crippen LogP contribution < -0.4 is 0 Å². The summed E-state index contributed by atoms with van der Waals surface area (Å²) < 4.78 is 5.61. The molecule has 3 nitrogen and oxygen atoms in total. The van der Waals surface area contributed by atoms with Gasteiger partial charge in [-0.3, -0.25) is 0 Å². The third kappa shape index (κ3) is 3.83. The maximum atomic E-state index is 10.1. The van der Waals surface area contributed by atoms with Crippen molar-refractivity contribution in [1.82, 2.24) is 0 Å². The molecule has 0 saturated heterocycles. The standard InChI is InChI=1S/C13H25BO3/c1-10-6-8-11(9-7-10)14(16)17-13(4,5)12(2,3)15/h8,10,15-16H,6-7,9H2,1-5H3/t10-/m0/s1. The minimum absolute atomic E-state index is 0.688. The van der Waals surface area contributed by atoms with Gasteiger partial charge in [0.15, 0.2) is 0 Å². The average Bonchev–Trinajstić information content (AvgIpc) is 2.16. The monoisotopic (exact) mass is 240 g/mol. The van der Waals surface area contributed by atoms with Gasteiger partial charge in [0.1, 0.15) is 0 Å². The third-order valence-corrected chi connectivity index (χ3v) is 3.91. The molecule has 0 heterocycles. The Bertz CT molecular complexity index is 292. The minimum atomic E-state index is -0.990. The zero-order chi connectivity index (χ0) is 13.3. The lowest BCUT2D eigenvalue weighted by molar-refractivity contribution is -0.0990. The first-order valence-electron chi connectivity index (χ1n) is 6.40. The van der Waals surface area contributed by atoms with Gasteiger partial charge in [-0.2, -0.15) is 0 Å². The summed E-state index contributed by atoms with van der Waals surface area (Å²) in [5.74, 6) is 0.688. The van der Waals surface area contributed by atoms with E-state index in [1.165, 1.54) is 0 Å². The second-order valence-corrected chi connectivity index (χ2v) is 6.20. The Morgan fingerprint density at radius 3 is 2.35 bits per heavy atom. The molecule has 0 spiro atoms. The molecule has 98 valence electrons. The number of hydrogen-bond donors (Lipinski definition) is 2. The maximum absolute atomic E-state index is 10.1. The third-order valence-electron chi connectivity index (χ3n) is 3.91. The van der Waals surface area contributed by atoms with Crippen LogP contribution >= 0.6 is 0 Å². The molecule has 0 aromatic carbocycles. The Balaban J connectivity index is 2.64. The maximum Gasteiger partial charge on any atom is 0.487 e. The molecule has 0 amide bonds. The smallest absolute Gasteiger partial charge is 0.423 e. The van der Waals surface area contributed by atoms with E-state index >= 15 is 0 Å². The molecule has 0 aliphatic heterocycles. The molecular weight excluding hydrogens is 215 g/mol. The molecule has 1 rings (SSSR count). The Hall–Kier alpha value is -0.315. The zero-order valence-electron chi connectivity index (χ0n) is 11.7.